The fourth-order valence-electron chi connectivity index (χ4n) is 11.3. The number of hydrogen-bond acceptors (Lipinski definition) is 10. The van der Waals surface area contributed by atoms with Crippen molar-refractivity contribution in [2.24, 2.45) is 0 Å². The summed E-state index contributed by atoms with van der Waals surface area (Å²) >= 11 is 0. The molecule has 0 saturated carbocycles. The van der Waals surface area contributed by atoms with Crippen molar-refractivity contribution < 1.29 is 49.3 Å². The van der Waals surface area contributed by atoms with Gasteiger partial charge in [-0.1, -0.05) is 316 Å². The van der Waals surface area contributed by atoms with Gasteiger partial charge in [0.25, 0.3) is 0 Å². The minimum atomic E-state index is -1.62. The SMILES string of the molecule is CC/C=C\C/C=C\C/C=C\C/C=C\C/C=C\CCCCCCCCCCCC(=O)OC1C(OCC(NC(=O)C(O)CCCCCCCCCCCCC/C=C\C/C=C\C/C=C\CCCCC)C(O)/C=C/CCCCCCCCCCCCC)OC(CO)C(O)C1O. The van der Waals surface area contributed by atoms with Crippen LogP contribution < -0.4 is 5.32 Å². The Morgan fingerprint density at radius 1 is 0.440 bits per heavy atom. The van der Waals surface area contributed by atoms with E-state index in [0.717, 1.165) is 122 Å². The highest BCUT2D eigenvalue weighted by atomic mass is 16.7. The minimum absolute atomic E-state index is 0.111. The molecule has 0 radical (unpaired) electrons. The van der Waals surface area contributed by atoms with E-state index in [1.165, 1.54) is 154 Å². The van der Waals surface area contributed by atoms with E-state index in [-0.39, 0.29) is 19.4 Å². The number of allylic oxidation sites excluding steroid dienone is 17. The molecular formula is C80H139NO10. The second-order valence-corrected chi connectivity index (χ2v) is 25.6. The standard InChI is InChI=1S/C80H139NO10/c1-4-7-10-13-16-19-22-25-27-29-31-33-35-37-39-41-43-45-47-50-53-56-59-62-65-68-75(85)91-78-77(87)76(86)74(69-82)90-80(78)89-70-71(72(83)66-63-60-57-54-51-48-24-21-18-15-12-9-6-3)81-79(88)73(84)67-64-61-58-55-52-49-46-44-42-40-38-36-34-32-30-28-26-23-20-17-14-11-8-5-2/h7,10,16-17,19-20,25-28,31-34,37,39,63,66,71-74,76-78,80,82-84,86-87H,4-6,8-9,11-15,18,21-24,29-30,35-36,38,40-62,64-65,67-70H2,1-3H3,(H,81,88)/b10-7-,19-16-,20-17-,27-25-,28-26-,33-31-,34-32-,39-37-,66-63+. The number of aliphatic hydroxyl groups excluding tert-OH is 5. The van der Waals surface area contributed by atoms with Crippen LogP contribution in [0.4, 0.5) is 0 Å². The van der Waals surface area contributed by atoms with Gasteiger partial charge in [0.05, 0.1) is 25.4 Å². The topological polar surface area (TPSA) is 175 Å². The largest absolute Gasteiger partial charge is 0.454 e. The summed E-state index contributed by atoms with van der Waals surface area (Å²) in [5, 5.41) is 57.4. The Hall–Kier alpha value is -3.68. The number of ether oxygens (including phenoxy) is 3. The van der Waals surface area contributed by atoms with E-state index in [9.17, 15) is 35.1 Å². The van der Waals surface area contributed by atoms with Crippen molar-refractivity contribution in [3.8, 4) is 0 Å². The van der Waals surface area contributed by atoms with Crippen molar-refractivity contribution in [1.29, 1.82) is 0 Å². The van der Waals surface area contributed by atoms with Gasteiger partial charge in [0.2, 0.25) is 5.91 Å². The van der Waals surface area contributed by atoms with Crippen LogP contribution >= 0.6 is 0 Å². The van der Waals surface area contributed by atoms with Gasteiger partial charge in [0, 0.05) is 6.42 Å². The third kappa shape index (κ3) is 53.3. The lowest BCUT2D eigenvalue weighted by atomic mass is 9.99. The molecule has 524 valence electrons. The summed E-state index contributed by atoms with van der Waals surface area (Å²) in [5.41, 5.74) is 0. The lowest BCUT2D eigenvalue weighted by Gasteiger charge is -2.41. The molecule has 1 heterocycles. The molecule has 0 aromatic rings. The van der Waals surface area contributed by atoms with Crippen LogP contribution in [0.3, 0.4) is 0 Å². The highest BCUT2D eigenvalue weighted by Gasteiger charge is 2.47. The van der Waals surface area contributed by atoms with E-state index in [4.69, 9.17) is 14.2 Å². The van der Waals surface area contributed by atoms with Gasteiger partial charge < -0.3 is 45.1 Å². The molecule has 91 heavy (non-hydrogen) atoms. The number of hydrogen-bond donors (Lipinski definition) is 6. The van der Waals surface area contributed by atoms with Gasteiger partial charge in [0.15, 0.2) is 12.4 Å². The smallest absolute Gasteiger partial charge is 0.306 e. The molecule has 0 aliphatic carbocycles. The molecule has 8 atom stereocenters. The van der Waals surface area contributed by atoms with Crippen molar-refractivity contribution in [2.45, 2.75) is 372 Å². The summed E-state index contributed by atoms with van der Waals surface area (Å²) in [6.07, 6.45) is 81.2. The van der Waals surface area contributed by atoms with Crippen LogP contribution in [0.25, 0.3) is 0 Å². The van der Waals surface area contributed by atoms with E-state index in [2.05, 4.69) is 123 Å². The first-order valence-electron chi connectivity index (χ1n) is 37.7. The summed E-state index contributed by atoms with van der Waals surface area (Å²) in [4.78, 5) is 26.8. The third-order valence-corrected chi connectivity index (χ3v) is 17.2. The first kappa shape index (κ1) is 85.3. The second kappa shape index (κ2) is 66.3. The maximum atomic E-state index is 13.5. The molecule has 1 aliphatic heterocycles. The van der Waals surface area contributed by atoms with Crippen molar-refractivity contribution in [1.82, 2.24) is 5.32 Å². The van der Waals surface area contributed by atoms with Crippen molar-refractivity contribution in [3.63, 3.8) is 0 Å². The van der Waals surface area contributed by atoms with Gasteiger partial charge in [-0.05, 0) is 109 Å². The lowest BCUT2D eigenvalue weighted by Crippen LogP contribution is -2.61. The van der Waals surface area contributed by atoms with Crippen LogP contribution in [-0.2, 0) is 23.8 Å². The molecule has 0 spiro atoms. The summed E-state index contributed by atoms with van der Waals surface area (Å²) in [6.45, 7) is 5.68. The first-order valence-corrected chi connectivity index (χ1v) is 37.7. The molecule has 6 N–H and O–H groups in total. The summed E-state index contributed by atoms with van der Waals surface area (Å²) in [5.74, 6) is -1.20. The van der Waals surface area contributed by atoms with Crippen LogP contribution in [0.1, 0.15) is 323 Å². The van der Waals surface area contributed by atoms with Crippen molar-refractivity contribution in [2.75, 3.05) is 13.2 Å². The monoisotopic (exact) mass is 1270 g/mol. The molecule has 0 aromatic carbocycles. The van der Waals surface area contributed by atoms with E-state index >= 15 is 0 Å². The number of rotatable bonds is 64. The third-order valence-electron chi connectivity index (χ3n) is 17.2. The number of nitrogens with one attached hydrogen (secondary N) is 1. The van der Waals surface area contributed by atoms with Gasteiger partial charge in [-0.3, -0.25) is 9.59 Å². The highest BCUT2D eigenvalue weighted by molar-refractivity contribution is 5.80. The lowest BCUT2D eigenvalue weighted by molar-refractivity contribution is -0.305. The zero-order chi connectivity index (χ0) is 66.0. The molecule has 8 unspecified atom stereocenters. The molecule has 1 aliphatic rings. The van der Waals surface area contributed by atoms with Crippen molar-refractivity contribution >= 4 is 11.9 Å². The number of aliphatic hydroxyl groups is 5. The Balaban J connectivity index is 2.57. The summed E-state index contributed by atoms with van der Waals surface area (Å²) in [6, 6.07) is -1.03. The Morgan fingerprint density at radius 3 is 1.21 bits per heavy atom. The molecule has 11 nitrogen and oxygen atoms in total. The maximum Gasteiger partial charge on any atom is 0.306 e. The van der Waals surface area contributed by atoms with E-state index in [1.54, 1.807) is 6.08 Å². The van der Waals surface area contributed by atoms with Crippen LogP contribution in [0.5, 0.6) is 0 Å². The quantitative estimate of drug-likeness (QED) is 0.0195. The zero-order valence-corrected chi connectivity index (χ0v) is 58.4. The summed E-state index contributed by atoms with van der Waals surface area (Å²) in [7, 11) is 0. The van der Waals surface area contributed by atoms with Crippen LogP contribution in [-0.4, -0.2) is 99.6 Å². The van der Waals surface area contributed by atoms with E-state index in [1.807, 2.05) is 6.08 Å². The van der Waals surface area contributed by atoms with Gasteiger partial charge >= 0.3 is 5.97 Å². The maximum absolute atomic E-state index is 13.5. The molecule has 0 aromatic heterocycles. The number of carbonyl (C=O) groups is 2. The Bertz CT molecular complexity index is 1900. The molecule has 1 rings (SSSR count). The Labute approximate surface area is 558 Å². The van der Waals surface area contributed by atoms with Gasteiger partial charge in [-0.15, -0.1) is 0 Å². The average Bonchev–Trinajstić information content (AvgIpc) is 1.09. The van der Waals surface area contributed by atoms with Crippen LogP contribution in [0.2, 0.25) is 0 Å². The number of esters is 1. The number of amides is 1. The predicted octanol–water partition coefficient (Wildman–Crippen LogP) is 20.0. The minimum Gasteiger partial charge on any atom is -0.454 e. The first-order chi connectivity index (χ1) is 44.7. The average molecular weight is 1270 g/mol. The fourth-order valence-corrected chi connectivity index (χ4v) is 11.3. The molecule has 1 saturated heterocycles. The van der Waals surface area contributed by atoms with Gasteiger partial charge in [0.1, 0.15) is 24.4 Å². The van der Waals surface area contributed by atoms with Crippen molar-refractivity contribution in [3.05, 3.63) is 109 Å². The Morgan fingerprint density at radius 2 is 0.791 bits per heavy atom. The zero-order valence-electron chi connectivity index (χ0n) is 58.4. The predicted molar refractivity (Wildman–Crippen MR) is 384 cm³/mol. The van der Waals surface area contributed by atoms with Gasteiger partial charge in [-0.2, -0.15) is 0 Å². The normalized spacial score (nSPS) is 18.6. The second-order valence-electron chi connectivity index (χ2n) is 25.6. The Kier molecular flexibility index (Phi) is 62.2. The molecule has 11 heteroatoms. The van der Waals surface area contributed by atoms with Crippen LogP contribution in [0.15, 0.2) is 109 Å². The summed E-state index contributed by atoms with van der Waals surface area (Å²) < 4.78 is 17.7. The highest BCUT2D eigenvalue weighted by Crippen LogP contribution is 2.26. The molecular weight excluding hydrogens is 1130 g/mol. The molecule has 0 bridgehead atoms. The number of unbranched alkanes of at least 4 members (excludes halogenated alkanes) is 34. The molecule has 1 fully saturated rings. The van der Waals surface area contributed by atoms with Crippen LogP contribution in [0, 0.1) is 0 Å². The molecule has 1 amide bonds. The van der Waals surface area contributed by atoms with Gasteiger partial charge in [-0.25, -0.2) is 0 Å². The fraction of sp³-hybridized carbons (Fsp3) is 0.750. The number of carbonyl (C=O) groups excluding carboxylic acids is 2. The van der Waals surface area contributed by atoms with E-state index in [0.29, 0.717) is 12.8 Å². The van der Waals surface area contributed by atoms with E-state index < -0.39 is 67.4 Å².